The summed E-state index contributed by atoms with van der Waals surface area (Å²) in [6.07, 6.45) is -20.7. The van der Waals surface area contributed by atoms with Crippen LogP contribution in [0, 0.1) is 0 Å². The highest BCUT2D eigenvalue weighted by Crippen LogP contribution is 2.24. The van der Waals surface area contributed by atoms with Crippen molar-refractivity contribution in [1.82, 2.24) is 26.2 Å². The summed E-state index contributed by atoms with van der Waals surface area (Å²) in [5, 5.41) is 130. The average Bonchev–Trinajstić information content (AvgIpc) is 3.34. The highest BCUT2D eigenvalue weighted by Gasteiger charge is 2.46. The van der Waals surface area contributed by atoms with E-state index in [2.05, 4.69) is 21.3 Å². The Labute approximate surface area is 404 Å². The van der Waals surface area contributed by atoms with Gasteiger partial charge in [0.15, 0.2) is 18.9 Å². The fourth-order valence-electron chi connectivity index (χ4n) is 7.61. The molecule has 0 aliphatic carbocycles. The van der Waals surface area contributed by atoms with Gasteiger partial charge in [0, 0.05) is 45.4 Å². The number of ketones is 1. The van der Waals surface area contributed by atoms with E-state index in [9.17, 15) is 85.3 Å². The number of aliphatic hydroxyl groups excluding tert-OH is 12. The van der Waals surface area contributed by atoms with E-state index in [4.69, 9.17) is 28.4 Å². The quantitative estimate of drug-likeness (QED) is 0.0278. The van der Waals surface area contributed by atoms with Gasteiger partial charge in [-0.2, -0.15) is 0 Å². The number of nitrogens with one attached hydrogen (secondary N) is 4. The Hall–Kier alpha value is -3.21. The monoisotopic (exact) mass is 1020 g/mol. The molecule has 3 aliphatic rings. The first kappa shape index (κ1) is 61.1. The van der Waals surface area contributed by atoms with Crippen LogP contribution >= 0.6 is 0 Å². The third-order valence-electron chi connectivity index (χ3n) is 11.8. The van der Waals surface area contributed by atoms with Crippen molar-refractivity contribution >= 4 is 29.4 Å². The van der Waals surface area contributed by atoms with Gasteiger partial charge in [0.1, 0.15) is 79.0 Å². The van der Waals surface area contributed by atoms with Crippen molar-refractivity contribution in [3.05, 3.63) is 0 Å². The number of ether oxygens (including phenoxy) is 6. The first-order valence-electron chi connectivity index (χ1n) is 23.5. The number of carbonyl (C=O) groups excluding carboxylic acids is 5. The largest absolute Gasteiger partial charge is 0.394 e. The second-order valence-electron chi connectivity index (χ2n) is 17.1. The first-order valence-corrected chi connectivity index (χ1v) is 23.5. The van der Waals surface area contributed by atoms with Gasteiger partial charge in [0.2, 0.25) is 23.6 Å². The van der Waals surface area contributed by atoms with Crippen LogP contribution in [0.4, 0.5) is 0 Å². The zero-order valence-electron chi connectivity index (χ0n) is 39.2. The minimum Gasteiger partial charge on any atom is -0.394 e. The van der Waals surface area contributed by atoms with Crippen LogP contribution in [-0.2, 0) is 52.4 Å². The van der Waals surface area contributed by atoms with Crippen molar-refractivity contribution in [2.24, 2.45) is 0 Å². The van der Waals surface area contributed by atoms with Crippen molar-refractivity contribution in [3.8, 4) is 0 Å². The molecule has 3 saturated heterocycles. The fraction of sp³-hybridized carbons (Fsp3) is 0.881. The van der Waals surface area contributed by atoms with Crippen molar-refractivity contribution in [2.45, 2.75) is 156 Å². The van der Waals surface area contributed by atoms with E-state index in [-0.39, 0.29) is 77.0 Å². The average molecular weight is 1020 g/mol. The van der Waals surface area contributed by atoms with Crippen LogP contribution in [0.15, 0.2) is 0 Å². The number of Topliss-reactive ketones (excluding diaryl/α,β-unsaturated/α-hetero) is 1. The molecular weight excluding hydrogens is 942 g/mol. The third-order valence-corrected chi connectivity index (χ3v) is 11.8. The Kier molecular flexibility index (Phi) is 28.0. The number of hydrogen-bond donors (Lipinski definition) is 16. The number of nitrogens with zero attached hydrogens (tertiary/aromatic N) is 1. The number of rotatable bonds is 32. The summed E-state index contributed by atoms with van der Waals surface area (Å²) in [6.45, 7) is -2.99. The smallest absolute Gasteiger partial charge is 0.237 e. The van der Waals surface area contributed by atoms with E-state index in [1.165, 1.54) is 4.90 Å². The lowest BCUT2D eigenvalue weighted by Gasteiger charge is -2.39. The predicted octanol–water partition coefficient (Wildman–Crippen LogP) is -8.72. The molecule has 0 unspecified atom stereocenters. The van der Waals surface area contributed by atoms with E-state index in [0.29, 0.717) is 32.1 Å². The lowest BCUT2D eigenvalue weighted by molar-refractivity contribution is -0.300. The van der Waals surface area contributed by atoms with Gasteiger partial charge in [0.05, 0.1) is 58.8 Å². The van der Waals surface area contributed by atoms with E-state index in [0.717, 1.165) is 0 Å². The second-order valence-corrected chi connectivity index (χ2v) is 17.1. The van der Waals surface area contributed by atoms with Crippen LogP contribution < -0.4 is 21.3 Å². The Morgan fingerprint density at radius 2 is 0.871 bits per heavy atom. The molecule has 70 heavy (non-hydrogen) atoms. The van der Waals surface area contributed by atoms with Gasteiger partial charge in [-0.05, 0) is 32.1 Å². The molecule has 0 spiro atoms. The zero-order valence-corrected chi connectivity index (χ0v) is 39.2. The van der Waals surface area contributed by atoms with Gasteiger partial charge in [-0.15, -0.1) is 0 Å². The summed E-state index contributed by atoms with van der Waals surface area (Å²) in [5.41, 5.74) is 0. The normalized spacial score (nSPS) is 31.7. The van der Waals surface area contributed by atoms with Crippen LogP contribution in [-0.4, -0.2) is 273 Å². The molecular formula is C42H75N5O23. The molecule has 0 aromatic rings. The molecule has 0 aromatic carbocycles. The fourth-order valence-corrected chi connectivity index (χ4v) is 7.61. The van der Waals surface area contributed by atoms with E-state index >= 15 is 0 Å². The van der Waals surface area contributed by atoms with Crippen LogP contribution in [0.2, 0.25) is 0 Å². The first-order chi connectivity index (χ1) is 33.4. The van der Waals surface area contributed by atoms with Gasteiger partial charge in [-0.3, -0.25) is 28.9 Å². The molecule has 0 radical (unpaired) electrons. The maximum atomic E-state index is 14.0. The SMILES string of the molecule is CCC(=O)CCCCC(=O)NCCCC[C@@H](C(=O)NCCO[C@H]1O[C@H](CO)[C@@H](O)[C@H](O)[C@@H]1O)N(CC(=O)NCCO[C@H]1O[C@H](CO)[C@@H](O)[C@H](O)[C@@H]1O)CC(=O)NCCO[C@H]1O[C@H](CO)[C@@H](O)[C@H](O)[C@@H]1O. The lowest BCUT2D eigenvalue weighted by atomic mass is 9.99. The topological polar surface area (TPSA) is 435 Å². The van der Waals surface area contributed by atoms with Crippen molar-refractivity contribution in [1.29, 1.82) is 0 Å². The van der Waals surface area contributed by atoms with Gasteiger partial charge in [-0.1, -0.05) is 6.92 Å². The molecule has 28 nitrogen and oxygen atoms in total. The number of aliphatic hydroxyl groups is 12. The number of hydrogen-bond acceptors (Lipinski definition) is 24. The number of carbonyl (C=O) groups is 5. The predicted molar refractivity (Wildman–Crippen MR) is 234 cm³/mol. The summed E-state index contributed by atoms with van der Waals surface area (Å²) in [7, 11) is 0. The maximum absolute atomic E-state index is 14.0. The van der Waals surface area contributed by atoms with Crippen molar-refractivity contribution in [3.63, 3.8) is 0 Å². The summed E-state index contributed by atoms with van der Waals surface area (Å²) in [6, 6.07) is -1.23. The molecule has 0 saturated carbocycles. The Morgan fingerprint density at radius 3 is 1.27 bits per heavy atom. The molecule has 3 fully saturated rings. The summed E-state index contributed by atoms with van der Waals surface area (Å²) in [5.74, 6) is -2.30. The van der Waals surface area contributed by atoms with Crippen LogP contribution in [0.25, 0.3) is 0 Å². The summed E-state index contributed by atoms with van der Waals surface area (Å²) < 4.78 is 32.3. The molecule has 0 bridgehead atoms. The summed E-state index contributed by atoms with van der Waals surface area (Å²) in [4.78, 5) is 66.2. The molecule has 0 aromatic heterocycles. The van der Waals surface area contributed by atoms with Crippen LogP contribution in [0.1, 0.15) is 58.3 Å². The molecule has 3 rings (SSSR count). The zero-order chi connectivity index (χ0) is 51.9. The van der Waals surface area contributed by atoms with Gasteiger partial charge >= 0.3 is 0 Å². The molecule has 3 heterocycles. The van der Waals surface area contributed by atoms with E-state index < -0.39 is 149 Å². The van der Waals surface area contributed by atoms with Crippen molar-refractivity contribution in [2.75, 3.05) is 78.9 Å². The number of unbranched alkanes of at least 4 members (excludes halogenated alkanes) is 2. The van der Waals surface area contributed by atoms with Crippen LogP contribution in [0.3, 0.4) is 0 Å². The standard InChI is InChI=1S/C42H75N5O23/c1-2-22(51)7-3-4-9-27(52)43-10-6-5-8-23(39(64)46-13-16-67-42-38(63)35(60)32(57)26(21-50)70-42)47(17-28(53)44-11-14-65-40-36(61)33(58)30(55)24(19-48)68-40)18-29(54)45-12-15-66-41-37(62)34(59)31(56)25(20-49)69-41/h23-26,30-38,40-42,48-50,55-63H,2-21H2,1H3,(H,43,52)(H,44,53)(H,45,54)(H,46,64)/t23-,24+,25+,26+,30+,31+,32+,33-,34-,35-,36-,37-,38-,40-,41-,42-/m0/s1. The molecule has 4 amide bonds. The maximum Gasteiger partial charge on any atom is 0.237 e. The highest BCUT2D eigenvalue weighted by molar-refractivity contribution is 5.86. The molecule has 406 valence electrons. The van der Waals surface area contributed by atoms with Crippen LogP contribution in [0.5, 0.6) is 0 Å². The van der Waals surface area contributed by atoms with Crippen molar-refractivity contribution < 1.29 is 114 Å². The van der Waals surface area contributed by atoms with Gasteiger partial charge in [0.25, 0.3) is 0 Å². The lowest BCUT2D eigenvalue weighted by Crippen LogP contribution is -2.59. The third kappa shape index (κ3) is 19.3. The summed E-state index contributed by atoms with van der Waals surface area (Å²) >= 11 is 0. The Bertz CT molecular complexity index is 1510. The van der Waals surface area contributed by atoms with Gasteiger partial charge < -0.3 is 111 Å². The minimum atomic E-state index is -1.72. The van der Waals surface area contributed by atoms with Gasteiger partial charge in [-0.25, -0.2) is 0 Å². The molecule has 28 heteroatoms. The molecule has 16 atom stereocenters. The Balaban J connectivity index is 1.71. The second kappa shape index (κ2) is 32.1. The molecule has 3 aliphatic heterocycles. The molecule has 16 N–H and O–H groups in total. The van der Waals surface area contributed by atoms with E-state index in [1.807, 2.05) is 0 Å². The number of amides is 4. The van der Waals surface area contributed by atoms with E-state index in [1.54, 1.807) is 6.92 Å². The highest BCUT2D eigenvalue weighted by atomic mass is 16.7. The Morgan fingerprint density at radius 1 is 0.486 bits per heavy atom. The minimum absolute atomic E-state index is 0.00933.